The van der Waals surface area contributed by atoms with E-state index in [1.807, 2.05) is 38.4 Å². The van der Waals surface area contributed by atoms with Crippen LogP contribution in [0.5, 0.6) is 5.75 Å². The number of nitrogens with zero attached hydrogens (tertiary/aromatic N) is 2. The first-order chi connectivity index (χ1) is 13.3. The molecule has 3 aromatic rings. The number of aryl methyl sites for hydroxylation is 1. The summed E-state index contributed by atoms with van der Waals surface area (Å²) in [4.78, 5) is 31.0. The third-order valence-corrected chi connectivity index (χ3v) is 5.96. The number of carbonyl (C=O) groups excluding carboxylic acids is 1. The van der Waals surface area contributed by atoms with E-state index in [0.717, 1.165) is 27.1 Å². The molecular weight excluding hydrogens is 374 g/mol. The number of rotatable bonds is 3. The second-order valence-electron chi connectivity index (χ2n) is 7.43. The molecule has 4 rings (SSSR count). The Balaban J connectivity index is 2.05. The molecule has 0 spiro atoms. The molecule has 0 saturated carbocycles. The molecule has 0 saturated heterocycles. The molecule has 7 heteroatoms. The third-order valence-electron chi connectivity index (χ3n) is 5.25. The van der Waals surface area contributed by atoms with Gasteiger partial charge in [-0.3, -0.25) is 9.59 Å². The first kappa shape index (κ1) is 18.7. The number of H-pyrrole nitrogens is 1. The van der Waals surface area contributed by atoms with Crippen molar-refractivity contribution >= 4 is 34.3 Å². The van der Waals surface area contributed by atoms with Crippen LogP contribution in [0.2, 0.25) is 0 Å². The number of benzene rings is 1. The van der Waals surface area contributed by atoms with E-state index in [2.05, 4.69) is 11.1 Å². The van der Waals surface area contributed by atoms with Crippen LogP contribution in [0.15, 0.2) is 40.3 Å². The van der Waals surface area contributed by atoms with Crippen molar-refractivity contribution in [3.05, 3.63) is 40.9 Å². The minimum absolute atomic E-state index is 0.0426. The van der Waals surface area contributed by atoms with Gasteiger partial charge in [0.05, 0.1) is 5.69 Å². The molecule has 28 heavy (non-hydrogen) atoms. The van der Waals surface area contributed by atoms with E-state index in [9.17, 15) is 9.59 Å². The predicted molar refractivity (Wildman–Crippen MR) is 113 cm³/mol. The quantitative estimate of drug-likeness (QED) is 0.685. The van der Waals surface area contributed by atoms with Crippen molar-refractivity contribution in [1.82, 2.24) is 9.55 Å². The number of hydrogen-bond donors (Lipinski definition) is 1. The fourth-order valence-electron chi connectivity index (χ4n) is 3.67. The third kappa shape index (κ3) is 2.73. The fraction of sp³-hybridized carbons (Fsp3) is 0.333. The van der Waals surface area contributed by atoms with Gasteiger partial charge in [-0.25, -0.2) is 0 Å². The standard InChI is InChI=1S/C21H23N3O3S/c1-11(2)18-21(26)24(4)16-9-12(28-5)8-14(19(16)27-18)15-10-23(3)20(25)17-13(15)6-7-22-17/h6-11,18,22H,1-5H3. The molecule has 6 nitrogen and oxygen atoms in total. The van der Waals surface area contributed by atoms with Crippen LogP contribution in [0, 0.1) is 5.92 Å². The molecule has 1 amide bonds. The zero-order chi connectivity index (χ0) is 20.2. The lowest BCUT2D eigenvalue weighted by Gasteiger charge is -2.35. The number of nitrogens with one attached hydrogen (secondary N) is 1. The molecule has 0 bridgehead atoms. The monoisotopic (exact) mass is 397 g/mol. The van der Waals surface area contributed by atoms with Gasteiger partial charge in [-0.1, -0.05) is 13.8 Å². The summed E-state index contributed by atoms with van der Waals surface area (Å²) in [5, 5.41) is 0.841. The van der Waals surface area contributed by atoms with Crippen molar-refractivity contribution in [3.8, 4) is 16.9 Å². The lowest BCUT2D eigenvalue weighted by atomic mass is 9.98. The van der Waals surface area contributed by atoms with E-state index in [1.54, 1.807) is 41.5 Å². The molecule has 1 aromatic carbocycles. The number of amides is 1. The molecule has 0 fully saturated rings. The second-order valence-corrected chi connectivity index (χ2v) is 8.31. The number of aromatic nitrogens is 2. The van der Waals surface area contributed by atoms with E-state index >= 15 is 0 Å². The van der Waals surface area contributed by atoms with E-state index < -0.39 is 6.10 Å². The Bertz CT molecular complexity index is 1150. The smallest absolute Gasteiger partial charge is 0.274 e. The Labute approximate surface area is 167 Å². The van der Waals surface area contributed by atoms with Crippen molar-refractivity contribution in [3.63, 3.8) is 0 Å². The molecule has 0 radical (unpaired) electrons. The van der Waals surface area contributed by atoms with Crippen molar-refractivity contribution in [2.45, 2.75) is 24.8 Å². The largest absolute Gasteiger partial charge is 0.477 e. The minimum atomic E-state index is -0.536. The number of thioether (sulfide) groups is 1. The molecule has 2 aromatic heterocycles. The highest BCUT2D eigenvalue weighted by Gasteiger charge is 2.36. The van der Waals surface area contributed by atoms with E-state index in [4.69, 9.17) is 4.74 Å². The van der Waals surface area contributed by atoms with E-state index in [1.165, 1.54) is 0 Å². The molecule has 1 aliphatic rings. The lowest BCUT2D eigenvalue weighted by molar-refractivity contribution is -0.127. The molecule has 146 valence electrons. The maximum Gasteiger partial charge on any atom is 0.274 e. The Morgan fingerprint density at radius 1 is 1.18 bits per heavy atom. The molecule has 1 N–H and O–H groups in total. The summed E-state index contributed by atoms with van der Waals surface area (Å²) in [6.45, 7) is 3.96. The van der Waals surface area contributed by atoms with Crippen LogP contribution in [0.1, 0.15) is 13.8 Å². The summed E-state index contributed by atoms with van der Waals surface area (Å²) < 4.78 is 7.83. The van der Waals surface area contributed by atoms with Crippen molar-refractivity contribution in [2.75, 3.05) is 18.2 Å². The van der Waals surface area contributed by atoms with Crippen molar-refractivity contribution in [2.24, 2.45) is 13.0 Å². The number of anilines is 1. The minimum Gasteiger partial charge on any atom is -0.477 e. The van der Waals surface area contributed by atoms with Crippen LogP contribution in [0.25, 0.3) is 22.0 Å². The van der Waals surface area contributed by atoms with Crippen LogP contribution in [0.4, 0.5) is 5.69 Å². The molecule has 1 unspecified atom stereocenters. The summed E-state index contributed by atoms with van der Waals surface area (Å²) in [5.41, 5.74) is 3.01. The van der Waals surface area contributed by atoms with Crippen molar-refractivity contribution in [1.29, 1.82) is 0 Å². The second kappa shape index (κ2) is 6.74. The summed E-state index contributed by atoms with van der Waals surface area (Å²) in [6, 6.07) is 5.95. The zero-order valence-corrected chi connectivity index (χ0v) is 17.4. The first-order valence-corrected chi connectivity index (χ1v) is 10.4. The molecular formula is C21H23N3O3S. The molecule has 1 aliphatic heterocycles. The van der Waals surface area contributed by atoms with Gasteiger partial charge in [-0.15, -0.1) is 11.8 Å². The summed E-state index contributed by atoms with van der Waals surface area (Å²) in [6.07, 6.45) is 5.07. The topological polar surface area (TPSA) is 67.3 Å². The summed E-state index contributed by atoms with van der Waals surface area (Å²) in [7, 11) is 3.53. The van der Waals surface area contributed by atoms with Gasteiger partial charge in [0.15, 0.2) is 11.9 Å². The maximum absolute atomic E-state index is 12.8. The Hall–Kier alpha value is -2.67. The summed E-state index contributed by atoms with van der Waals surface area (Å²) >= 11 is 1.61. The molecule has 1 atom stereocenters. The maximum atomic E-state index is 12.8. The lowest BCUT2D eigenvalue weighted by Crippen LogP contribution is -2.46. The highest BCUT2D eigenvalue weighted by molar-refractivity contribution is 7.98. The van der Waals surface area contributed by atoms with Gasteiger partial charge >= 0.3 is 0 Å². The van der Waals surface area contributed by atoms with Gasteiger partial charge in [-0.2, -0.15) is 0 Å². The number of carbonyl (C=O) groups is 1. The normalized spacial score (nSPS) is 16.6. The SMILES string of the molecule is CSc1cc(-c2cn(C)c(=O)c3[nH]ccc23)c2c(c1)N(C)C(=O)C(C(C)C)O2. The van der Waals surface area contributed by atoms with E-state index in [0.29, 0.717) is 11.3 Å². The van der Waals surface area contributed by atoms with Gasteiger partial charge in [0.25, 0.3) is 11.5 Å². The average molecular weight is 398 g/mol. The average Bonchev–Trinajstić information content (AvgIpc) is 3.16. The van der Waals surface area contributed by atoms with Gasteiger partial charge in [-0.05, 0) is 30.4 Å². The number of fused-ring (bicyclic) bond motifs is 2. The van der Waals surface area contributed by atoms with Crippen LogP contribution in [0.3, 0.4) is 0 Å². The van der Waals surface area contributed by atoms with Crippen LogP contribution in [-0.4, -0.2) is 34.9 Å². The Morgan fingerprint density at radius 3 is 2.61 bits per heavy atom. The Kier molecular flexibility index (Phi) is 4.50. The van der Waals surface area contributed by atoms with Gasteiger partial charge in [0, 0.05) is 47.9 Å². The van der Waals surface area contributed by atoms with Crippen LogP contribution < -0.4 is 15.2 Å². The molecule has 0 aliphatic carbocycles. The number of pyridine rings is 1. The summed E-state index contributed by atoms with van der Waals surface area (Å²) in [5.74, 6) is 0.683. The van der Waals surface area contributed by atoms with Gasteiger partial charge in [0.1, 0.15) is 5.52 Å². The fourth-order valence-corrected chi connectivity index (χ4v) is 4.14. The van der Waals surface area contributed by atoms with E-state index in [-0.39, 0.29) is 17.4 Å². The number of ether oxygens (including phenoxy) is 1. The number of aromatic amines is 1. The van der Waals surface area contributed by atoms with Crippen LogP contribution >= 0.6 is 11.8 Å². The number of likely N-dealkylation sites (N-methyl/N-ethyl adjacent to an activating group) is 1. The highest BCUT2D eigenvalue weighted by atomic mass is 32.2. The first-order valence-electron chi connectivity index (χ1n) is 9.16. The van der Waals surface area contributed by atoms with Crippen LogP contribution in [-0.2, 0) is 11.8 Å². The van der Waals surface area contributed by atoms with Crippen molar-refractivity contribution < 1.29 is 9.53 Å². The predicted octanol–water partition coefficient (Wildman–Crippen LogP) is 3.64. The molecule has 3 heterocycles. The highest BCUT2D eigenvalue weighted by Crippen LogP contribution is 2.46. The van der Waals surface area contributed by atoms with Gasteiger partial charge in [0.2, 0.25) is 0 Å². The zero-order valence-electron chi connectivity index (χ0n) is 16.6. The Morgan fingerprint density at radius 2 is 1.93 bits per heavy atom. The number of hydrogen-bond acceptors (Lipinski definition) is 4. The van der Waals surface area contributed by atoms with Gasteiger partial charge < -0.3 is 19.2 Å².